The Bertz CT molecular complexity index is 572. The summed E-state index contributed by atoms with van der Waals surface area (Å²) in [6.07, 6.45) is 7.02. The van der Waals surface area contributed by atoms with Crippen LogP contribution in [0.2, 0.25) is 0 Å². The molecule has 0 spiro atoms. The van der Waals surface area contributed by atoms with E-state index in [1.807, 2.05) is 13.0 Å². The number of aliphatic hydroxyl groups excluding tert-OH is 1. The molecule has 132 valence electrons. The number of hydrogen-bond acceptors (Lipinski definition) is 3. The summed E-state index contributed by atoms with van der Waals surface area (Å²) in [6.45, 7) is 2.52. The van der Waals surface area contributed by atoms with Gasteiger partial charge >= 0.3 is 11.8 Å². The molecule has 0 saturated carbocycles. The van der Waals surface area contributed by atoms with Gasteiger partial charge in [0.25, 0.3) is 0 Å². The lowest BCUT2D eigenvalue weighted by atomic mass is 9.89. The lowest BCUT2D eigenvalue weighted by Gasteiger charge is -2.20. The van der Waals surface area contributed by atoms with E-state index < -0.39 is 11.8 Å². The zero-order valence-electron chi connectivity index (χ0n) is 14.4. The minimum Gasteiger partial charge on any atom is -0.396 e. The minimum atomic E-state index is -0.595. The largest absolute Gasteiger partial charge is 0.396 e. The van der Waals surface area contributed by atoms with Crippen molar-refractivity contribution >= 4 is 11.8 Å². The number of benzene rings is 1. The van der Waals surface area contributed by atoms with E-state index in [-0.39, 0.29) is 12.6 Å². The molecule has 0 heterocycles. The van der Waals surface area contributed by atoms with Crippen molar-refractivity contribution in [3.63, 3.8) is 0 Å². The van der Waals surface area contributed by atoms with Gasteiger partial charge in [-0.2, -0.15) is 0 Å². The molecule has 1 aliphatic carbocycles. The van der Waals surface area contributed by atoms with E-state index in [9.17, 15) is 9.59 Å². The lowest BCUT2D eigenvalue weighted by Crippen LogP contribution is -2.41. The Hall–Kier alpha value is -1.88. The number of unbranched alkanes of at least 4 members (excludes halogenated alkanes) is 2. The first-order valence-electron chi connectivity index (χ1n) is 8.93. The van der Waals surface area contributed by atoms with Gasteiger partial charge in [-0.15, -0.1) is 0 Å². The molecule has 0 aromatic heterocycles. The van der Waals surface area contributed by atoms with Crippen molar-refractivity contribution in [2.75, 3.05) is 13.2 Å². The van der Waals surface area contributed by atoms with Gasteiger partial charge in [0.2, 0.25) is 0 Å². The van der Waals surface area contributed by atoms with E-state index in [1.165, 1.54) is 24.0 Å². The van der Waals surface area contributed by atoms with Crippen molar-refractivity contribution in [2.24, 2.45) is 0 Å². The molecule has 0 aliphatic heterocycles. The summed E-state index contributed by atoms with van der Waals surface area (Å²) >= 11 is 0. The fourth-order valence-electron chi connectivity index (χ4n) is 3.06. The molecule has 1 aromatic rings. The van der Waals surface area contributed by atoms with Crippen molar-refractivity contribution in [1.82, 2.24) is 10.6 Å². The molecule has 5 heteroatoms. The van der Waals surface area contributed by atoms with Crippen LogP contribution in [-0.4, -0.2) is 30.1 Å². The molecule has 0 bridgehead atoms. The fourth-order valence-corrected chi connectivity index (χ4v) is 3.06. The molecule has 1 aliphatic rings. The second kappa shape index (κ2) is 9.42. The summed E-state index contributed by atoms with van der Waals surface area (Å²) in [5.41, 5.74) is 3.82. The standard InChI is InChI=1S/C19H28N2O3/c1-14(16-10-9-15-7-3-4-8-17(15)13-16)21-19(24)18(23)20-11-5-2-6-12-22/h9-10,13-14,22H,2-8,11-12H2,1H3,(H,20,23)(H,21,24). The maximum absolute atomic E-state index is 12.0. The Balaban J connectivity index is 1.81. The summed E-state index contributed by atoms with van der Waals surface area (Å²) in [5.74, 6) is -1.19. The molecular formula is C19H28N2O3. The second-order valence-electron chi connectivity index (χ2n) is 6.47. The molecule has 0 radical (unpaired) electrons. The van der Waals surface area contributed by atoms with Crippen LogP contribution in [0.5, 0.6) is 0 Å². The third-order valence-corrected chi connectivity index (χ3v) is 4.55. The van der Waals surface area contributed by atoms with Crippen LogP contribution in [0, 0.1) is 0 Å². The third kappa shape index (κ3) is 5.34. The Labute approximate surface area is 143 Å². The van der Waals surface area contributed by atoms with Crippen molar-refractivity contribution in [2.45, 2.75) is 57.9 Å². The van der Waals surface area contributed by atoms with Gasteiger partial charge in [-0.25, -0.2) is 0 Å². The van der Waals surface area contributed by atoms with Crippen LogP contribution in [-0.2, 0) is 22.4 Å². The predicted octanol–water partition coefficient (Wildman–Crippen LogP) is 2.02. The molecule has 1 unspecified atom stereocenters. The van der Waals surface area contributed by atoms with Crippen LogP contribution in [0.25, 0.3) is 0 Å². The maximum Gasteiger partial charge on any atom is 0.309 e. The topological polar surface area (TPSA) is 78.4 Å². The first kappa shape index (κ1) is 18.5. The average molecular weight is 332 g/mol. The van der Waals surface area contributed by atoms with Crippen LogP contribution < -0.4 is 10.6 Å². The minimum absolute atomic E-state index is 0.159. The number of carbonyl (C=O) groups excluding carboxylic acids is 2. The second-order valence-corrected chi connectivity index (χ2v) is 6.47. The SMILES string of the molecule is CC(NC(=O)C(=O)NCCCCCO)c1ccc2c(c1)CCCC2. The normalized spacial score (nSPS) is 14.6. The number of amides is 2. The molecule has 0 saturated heterocycles. The van der Waals surface area contributed by atoms with Crippen LogP contribution in [0.15, 0.2) is 18.2 Å². The van der Waals surface area contributed by atoms with Crippen molar-refractivity contribution in [1.29, 1.82) is 0 Å². The smallest absolute Gasteiger partial charge is 0.309 e. The molecular weight excluding hydrogens is 304 g/mol. The maximum atomic E-state index is 12.0. The molecule has 2 amide bonds. The van der Waals surface area contributed by atoms with Gasteiger partial charge in [0.05, 0.1) is 6.04 Å². The van der Waals surface area contributed by atoms with Gasteiger partial charge in [-0.05, 0) is 68.6 Å². The first-order chi connectivity index (χ1) is 11.6. The summed E-state index contributed by atoms with van der Waals surface area (Å²) in [6, 6.07) is 6.16. The Morgan fingerprint density at radius 1 is 1.08 bits per heavy atom. The van der Waals surface area contributed by atoms with Crippen molar-refractivity contribution < 1.29 is 14.7 Å². The number of fused-ring (bicyclic) bond motifs is 1. The van der Waals surface area contributed by atoms with Gasteiger partial charge in [-0.1, -0.05) is 18.2 Å². The Morgan fingerprint density at radius 3 is 2.58 bits per heavy atom. The highest BCUT2D eigenvalue weighted by molar-refractivity contribution is 6.35. The fraction of sp³-hybridized carbons (Fsp3) is 0.579. The summed E-state index contributed by atoms with van der Waals surface area (Å²) in [7, 11) is 0. The van der Waals surface area contributed by atoms with E-state index in [0.29, 0.717) is 6.54 Å². The summed E-state index contributed by atoms with van der Waals surface area (Å²) < 4.78 is 0. The van der Waals surface area contributed by atoms with E-state index in [0.717, 1.165) is 37.7 Å². The molecule has 5 nitrogen and oxygen atoms in total. The zero-order valence-corrected chi connectivity index (χ0v) is 14.4. The van der Waals surface area contributed by atoms with Gasteiger partial charge in [0, 0.05) is 13.2 Å². The third-order valence-electron chi connectivity index (χ3n) is 4.55. The molecule has 0 fully saturated rings. The molecule has 1 aromatic carbocycles. The van der Waals surface area contributed by atoms with Crippen LogP contribution >= 0.6 is 0 Å². The Morgan fingerprint density at radius 2 is 1.83 bits per heavy atom. The van der Waals surface area contributed by atoms with Gasteiger partial charge in [0.1, 0.15) is 0 Å². The van der Waals surface area contributed by atoms with E-state index in [2.05, 4.69) is 22.8 Å². The van der Waals surface area contributed by atoms with E-state index in [4.69, 9.17) is 5.11 Å². The summed E-state index contributed by atoms with van der Waals surface area (Å²) in [5, 5.41) is 14.1. The number of nitrogens with one attached hydrogen (secondary N) is 2. The lowest BCUT2D eigenvalue weighted by molar-refractivity contribution is -0.139. The molecule has 24 heavy (non-hydrogen) atoms. The number of aryl methyl sites for hydroxylation is 2. The van der Waals surface area contributed by atoms with Crippen LogP contribution in [0.4, 0.5) is 0 Å². The van der Waals surface area contributed by atoms with Gasteiger partial charge < -0.3 is 15.7 Å². The van der Waals surface area contributed by atoms with Crippen LogP contribution in [0.1, 0.15) is 61.8 Å². The first-order valence-corrected chi connectivity index (χ1v) is 8.93. The Kier molecular flexibility index (Phi) is 7.25. The molecule has 2 rings (SSSR count). The number of aliphatic hydroxyl groups is 1. The highest BCUT2D eigenvalue weighted by Crippen LogP contribution is 2.24. The number of hydrogen-bond donors (Lipinski definition) is 3. The van der Waals surface area contributed by atoms with E-state index in [1.54, 1.807) is 0 Å². The highest BCUT2D eigenvalue weighted by Gasteiger charge is 2.18. The quantitative estimate of drug-likeness (QED) is 0.528. The summed E-state index contributed by atoms with van der Waals surface area (Å²) in [4.78, 5) is 23.8. The monoisotopic (exact) mass is 332 g/mol. The molecule has 1 atom stereocenters. The van der Waals surface area contributed by atoms with Gasteiger partial charge in [-0.3, -0.25) is 9.59 Å². The van der Waals surface area contributed by atoms with E-state index >= 15 is 0 Å². The number of carbonyl (C=O) groups is 2. The molecule has 3 N–H and O–H groups in total. The van der Waals surface area contributed by atoms with Crippen LogP contribution in [0.3, 0.4) is 0 Å². The number of rotatable bonds is 7. The van der Waals surface area contributed by atoms with Crippen molar-refractivity contribution in [3.05, 3.63) is 34.9 Å². The average Bonchev–Trinajstić information content (AvgIpc) is 2.60. The highest BCUT2D eigenvalue weighted by atomic mass is 16.3. The van der Waals surface area contributed by atoms with Crippen molar-refractivity contribution in [3.8, 4) is 0 Å². The van der Waals surface area contributed by atoms with Gasteiger partial charge in [0.15, 0.2) is 0 Å². The predicted molar refractivity (Wildman–Crippen MR) is 93.6 cm³/mol. The zero-order chi connectivity index (χ0) is 17.4.